The van der Waals surface area contributed by atoms with E-state index in [0.717, 1.165) is 19.5 Å². The van der Waals surface area contributed by atoms with E-state index in [1.54, 1.807) is 7.11 Å². The minimum atomic E-state index is 0.820. The fourth-order valence-electron chi connectivity index (χ4n) is 0.924. The number of hydroxylamine groups is 2. The van der Waals surface area contributed by atoms with Crippen molar-refractivity contribution >= 4 is 0 Å². The third-order valence-corrected chi connectivity index (χ3v) is 1.74. The number of unbranched alkanes of at least 4 members (excludes halogenated alkanes) is 3. The topological polar surface area (TPSA) is 38.5 Å². The Morgan fingerprint density at radius 3 is 2.36 bits per heavy atom. The van der Waals surface area contributed by atoms with E-state index < -0.39 is 0 Å². The highest BCUT2D eigenvalue weighted by Crippen LogP contribution is 1.99. The molecule has 0 saturated carbocycles. The van der Waals surface area contributed by atoms with Crippen molar-refractivity contribution in [2.45, 2.75) is 25.7 Å². The van der Waals surface area contributed by atoms with E-state index in [2.05, 4.69) is 0 Å². The number of nitrogens with two attached hydrogens (primary N) is 1. The summed E-state index contributed by atoms with van der Waals surface area (Å²) < 4.78 is 0. The van der Waals surface area contributed by atoms with Gasteiger partial charge in [0.05, 0.1) is 7.11 Å². The smallest absolute Gasteiger partial charge is 0.0575 e. The Labute approximate surface area is 69.5 Å². The second kappa shape index (κ2) is 7.98. The zero-order valence-electron chi connectivity index (χ0n) is 7.68. The molecule has 0 saturated heterocycles. The Morgan fingerprint density at radius 1 is 1.18 bits per heavy atom. The molecule has 0 aliphatic carbocycles. The van der Waals surface area contributed by atoms with Crippen molar-refractivity contribution in [2.75, 3.05) is 27.2 Å². The molecule has 3 heteroatoms. The number of rotatable bonds is 7. The molecule has 0 aromatic carbocycles. The first-order valence-electron chi connectivity index (χ1n) is 4.26. The molecule has 0 aromatic rings. The Balaban J connectivity index is 2.89. The summed E-state index contributed by atoms with van der Waals surface area (Å²) in [6, 6.07) is 0. The fourth-order valence-corrected chi connectivity index (χ4v) is 0.924. The molecule has 2 N–H and O–H groups in total. The van der Waals surface area contributed by atoms with Crippen molar-refractivity contribution in [3.63, 3.8) is 0 Å². The van der Waals surface area contributed by atoms with Gasteiger partial charge in [-0.25, -0.2) is 0 Å². The molecule has 68 valence electrons. The average molecular weight is 160 g/mol. The normalized spacial score (nSPS) is 10.9. The largest absolute Gasteiger partial charge is 0.330 e. The van der Waals surface area contributed by atoms with Gasteiger partial charge in [-0.1, -0.05) is 12.8 Å². The third kappa shape index (κ3) is 7.78. The summed E-state index contributed by atoms with van der Waals surface area (Å²) in [5, 5.41) is 1.85. The predicted molar refractivity (Wildman–Crippen MR) is 47.2 cm³/mol. The molecule has 11 heavy (non-hydrogen) atoms. The maximum absolute atomic E-state index is 5.36. The molecule has 0 aliphatic rings. The van der Waals surface area contributed by atoms with Crippen LogP contribution >= 0.6 is 0 Å². The lowest BCUT2D eigenvalue weighted by atomic mass is 10.2. The fraction of sp³-hybridized carbons (Fsp3) is 1.00. The van der Waals surface area contributed by atoms with E-state index >= 15 is 0 Å². The highest BCUT2D eigenvalue weighted by molar-refractivity contribution is 4.45. The minimum Gasteiger partial charge on any atom is -0.330 e. The third-order valence-electron chi connectivity index (χ3n) is 1.74. The Morgan fingerprint density at radius 2 is 1.82 bits per heavy atom. The molecule has 0 aromatic heterocycles. The molecular weight excluding hydrogens is 140 g/mol. The summed E-state index contributed by atoms with van der Waals surface area (Å²) in [6.45, 7) is 1.83. The molecule has 3 nitrogen and oxygen atoms in total. The first-order valence-corrected chi connectivity index (χ1v) is 4.26. The summed E-state index contributed by atoms with van der Waals surface area (Å²) in [6.07, 6.45) is 4.85. The molecule has 0 spiro atoms. The SMILES string of the molecule is CON(C)CCCCCCN. The van der Waals surface area contributed by atoms with Crippen LogP contribution in [0.15, 0.2) is 0 Å². The maximum atomic E-state index is 5.36. The van der Waals surface area contributed by atoms with Crippen LogP contribution < -0.4 is 5.73 Å². The highest BCUT2D eigenvalue weighted by atomic mass is 16.7. The van der Waals surface area contributed by atoms with Crippen LogP contribution in [-0.2, 0) is 4.84 Å². The van der Waals surface area contributed by atoms with Crippen molar-refractivity contribution in [3.05, 3.63) is 0 Å². The maximum Gasteiger partial charge on any atom is 0.0575 e. The number of hydrogen-bond acceptors (Lipinski definition) is 3. The van der Waals surface area contributed by atoms with Crippen molar-refractivity contribution < 1.29 is 4.84 Å². The van der Waals surface area contributed by atoms with Gasteiger partial charge < -0.3 is 10.6 Å². The van der Waals surface area contributed by atoms with Crippen LogP contribution in [-0.4, -0.2) is 32.3 Å². The monoisotopic (exact) mass is 160 g/mol. The van der Waals surface area contributed by atoms with Gasteiger partial charge in [-0.05, 0) is 19.4 Å². The second-order valence-electron chi connectivity index (χ2n) is 2.74. The lowest BCUT2D eigenvalue weighted by Gasteiger charge is -2.12. The zero-order valence-corrected chi connectivity index (χ0v) is 7.68. The summed E-state index contributed by atoms with van der Waals surface area (Å²) in [5.74, 6) is 0. The zero-order chi connectivity index (χ0) is 8.53. The molecule has 0 amide bonds. The first-order chi connectivity index (χ1) is 5.31. The van der Waals surface area contributed by atoms with E-state index in [4.69, 9.17) is 10.6 Å². The van der Waals surface area contributed by atoms with Gasteiger partial charge in [-0.3, -0.25) is 0 Å². The predicted octanol–water partition coefficient (Wildman–Crippen LogP) is 0.999. The van der Waals surface area contributed by atoms with Crippen LogP contribution in [0.25, 0.3) is 0 Å². The van der Waals surface area contributed by atoms with E-state index in [1.165, 1.54) is 19.3 Å². The molecule has 0 atom stereocenters. The van der Waals surface area contributed by atoms with E-state index in [9.17, 15) is 0 Å². The van der Waals surface area contributed by atoms with Gasteiger partial charge in [0.25, 0.3) is 0 Å². The Hall–Kier alpha value is -0.120. The molecule has 0 radical (unpaired) electrons. The van der Waals surface area contributed by atoms with Crippen molar-refractivity contribution in [1.29, 1.82) is 0 Å². The van der Waals surface area contributed by atoms with Gasteiger partial charge in [0.2, 0.25) is 0 Å². The molecule has 0 unspecified atom stereocenters. The van der Waals surface area contributed by atoms with Gasteiger partial charge in [0, 0.05) is 13.6 Å². The van der Waals surface area contributed by atoms with Gasteiger partial charge in [-0.15, -0.1) is 0 Å². The van der Waals surface area contributed by atoms with Crippen molar-refractivity contribution in [2.24, 2.45) is 5.73 Å². The molecule has 0 heterocycles. The van der Waals surface area contributed by atoms with Crippen molar-refractivity contribution in [1.82, 2.24) is 5.06 Å². The Bertz CT molecular complexity index is 78.5. The van der Waals surface area contributed by atoms with Crippen LogP contribution in [0.3, 0.4) is 0 Å². The van der Waals surface area contributed by atoms with Gasteiger partial charge in [0.1, 0.15) is 0 Å². The lowest BCUT2D eigenvalue weighted by Crippen LogP contribution is -2.17. The first kappa shape index (κ1) is 10.9. The number of nitrogens with zero attached hydrogens (tertiary/aromatic N) is 1. The molecule has 0 aliphatic heterocycles. The molecule has 0 rings (SSSR count). The molecule has 0 fully saturated rings. The number of hydrogen-bond donors (Lipinski definition) is 1. The van der Waals surface area contributed by atoms with Crippen molar-refractivity contribution in [3.8, 4) is 0 Å². The van der Waals surface area contributed by atoms with Gasteiger partial charge in [0.15, 0.2) is 0 Å². The van der Waals surface area contributed by atoms with E-state index in [0.29, 0.717) is 0 Å². The Kier molecular flexibility index (Phi) is 7.89. The lowest BCUT2D eigenvalue weighted by molar-refractivity contribution is -0.109. The van der Waals surface area contributed by atoms with Crippen LogP contribution in [0.4, 0.5) is 0 Å². The van der Waals surface area contributed by atoms with Gasteiger partial charge in [-0.2, -0.15) is 5.06 Å². The average Bonchev–Trinajstić information content (AvgIpc) is 2.04. The van der Waals surface area contributed by atoms with Gasteiger partial charge >= 0.3 is 0 Å². The van der Waals surface area contributed by atoms with E-state index in [-0.39, 0.29) is 0 Å². The van der Waals surface area contributed by atoms with Crippen LogP contribution in [0.2, 0.25) is 0 Å². The quantitative estimate of drug-likeness (QED) is 0.446. The van der Waals surface area contributed by atoms with Crippen LogP contribution in [0.5, 0.6) is 0 Å². The molecular formula is C8H20N2O. The van der Waals surface area contributed by atoms with Crippen LogP contribution in [0.1, 0.15) is 25.7 Å². The highest BCUT2D eigenvalue weighted by Gasteiger charge is 1.93. The second-order valence-corrected chi connectivity index (χ2v) is 2.74. The summed E-state index contributed by atoms with van der Waals surface area (Å²) in [5.41, 5.74) is 5.36. The molecule has 0 bridgehead atoms. The minimum absolute atomic E-state index is 0.820. The summed E-state index contributed by atoms with van der Waals surface area (Å²) >= 11 is 0. The van der Waals surface area contributed by atoms with Crippen LogP contribution in [0, 0.1) is 0 Å². The summed E-state index contributed by atoms with van der Waals surface area (Å²) in [4.78, 5) is 4.97. The summed E-state index contributed by atoms with van der Waals surface area (Å²) in [7, 11) is 3.64. The standard InChI is InChI=1S/C8H20N2O/c1-10(11-2)8-6-4-3-5-7-9/h3-9H2,1-2H3. The van der Waals surface area contributed by atoms with E-state index in [1.807, 2.05) is 12.1 Å².